The van der Waals surface area contributed by atoms with E-state index in [0.717, 1.165) is 0 Å². The summed E-state index contributed by atoms with van der Waals surface area (Å²) < 4.78 is 27.9. The molecule has 1 aliphatic heterocycles. The van der Waals surface area contributed by atoms with Gasteiger partial charge in [0.05, 0.1) is 13.2 Å². The van der Waals surface area contributed by atoms with E-state index < -0.39 is 23.3 Å². The number of nitrogens with zero attached hydrogens (tertiary/aromatic N) is 4. The Hall–Kier alpha value is -2.43. The number of hydrogen-bond donors (Lipinski definition) is 1. The maximum Gasteiger partial charge on any atom is 0.410 e. The van der Waals surface area contributed by atoms with Gasteiger partial charge in [0, 0.05) is 38.3 Å². The van der Waals surface area contributed by atoms with Crippen molar-refractivity contribution in [2.24, 2.45) is 0 Å². The molecule has 0 bridgehead atoms. The van der Waals surface area contributed by atoms with E-state index in [2.05, 4.69) is 31.2 Å². The maximum absolute atomic E-state index is 15.4. The van der Waals surface area contributed by atoms with E-state index in [0.29, 0.717) is 16.1 Å². The molecule has 9 nitrogen and oxygen atoms in total. The number of rotatable bonds is 5. The number of carbonyl (C=O) groups is 2. The Morgan fingerprint density at radius 3 is 2.55 bits per heavy atom. The van der Waals surface area contributed by atoms with Crippen molar-refractivity contribution in [1.82, 2.24) is 19.3 Å². The molecule has 3 rings (SSSR count). The highest BCUT2D eigenvalue weighted by atomic mass is 79.9. The lowest BCUT2D eigenvalue weighted by molar-refractivity contribution is 0.00572. The van der Waals surface area contributed by atoms with E-state index in [1.54, 1.807) is 38.3 Å². The van der Waals surface area contributed by atoms with Crippen molar-refractivity contribution >= 4 is 39.5 Å². The van der Waals surface area contributed by atoms with Crippen LogP contribution in [0.3, 0.4) is 0 Å². The zero-order chi connectivity index (χ0) is 22.8. The number of hydrogen-bond acceptors (Lipinski definition) is 7. The predicted molar refractivity (Wildman–Crippen MR) is 116 cm³/mol. The minimum absolute atomic E-state index is 0.00410. The molecule has 3 heterocycles. The molecule has 1 fully saturated rings. The van der Waals surface area contributed by atoms with Crippen LogP contribution in [0.1, 0.15) is 51.0 Å². The summed E-state index contributed by atoms with van der Waals surface area (Å²) in [5.41, 5.74) is -1.57. The number of ether oxygens (including phenoxy) is 2. The second kappa shape index (κ2) is 8.97. The van der Waals surface area contributed by atoms with Crippen molar-refractivity contribution in [2.75, 3.05) is 31.6 Å². The van der Waals surface area contributed by atoms with Gasteiger partial charge in [0.25, 0.3) is 0 Å². The molecule has 2 aromatic heterocycles. The number of piperidine rings is 1. The Morgan fingerprint density at radius 2 is 1.94 bits per heavy atom. The second-order valence-electron chi connectivity index (χ2n) is 8.46. The number of fused-ring (bicyclic) bond motifs is 1. The number of alkyl halides is 1. The van der Waals surface area contributed by atoms with Crippen molar-refractivity contribution in [2.45, 2.75) is 51.8 Å². The summed E-state index contributed by atoms with van der Waals surface area (Å²) in [6.45, 7) is 7.89. The van der Waals surface area contributed by atoms with E-state index in [9.17, 15) is 9.59 Å². The number of anilines is 1. The third kappa shape index (κ3) is 5.84. The van der Waals surface area contributed by atoms with Crippen molar-refractivity contribution in [1.29, 1.82) is 0 Å². The smallest absolute Gasteiger partial charge is 0.410 e. The number of likely N-dealkylation sites (tertiary alicyclic amines) is 1. The number of esters is 1. The van der Waals surface area contributed by atoms with Gasteiger partial charge in [-0.1, -0.05) is 0 Å². The van der Waals surface area contributed by atoms with Crippen molar-refractivity contribution in [3.05, 3.63) is 22.7 Å². The van der Waals surface area contributed by atoms with Crippen LogP contribution < -0.4 is 5.32 Å². The van der Waals surface area contributed by atoms with Crippen LogP contribution in [0, 0.1) is 0 Å². The molecule has 0 radical (unpaired) electrons. The number of nitrogens with one attached hydrogen (secondary N) is 1. The average molecular weight is 500 g/mol. The molecule has 1 aliphatic rings. The maximum atomic E-state index is 15.4. The van der Waals surface area contributed by atoms with E-state index in [-0.39, 0.29) is 44.8 Å². The van der Waals surface area contributed by atoms with Gasteiger partial charge in [0.2, 0.25) is 0 Å². The van der Waals surface area contributed by atoms with E-state index in [4.69, 9.17) is 9.47 Å². The third-order valence-corrected chi connectivity index (χ3v) is 5.16. The number of imidazole rings is 1. The molecule has 0 aliphatic carbocycles. The zero-order valence-corrected chi connectivity index (χ0v) is 19.7. The summed E-state index contributed by atoms with van der Waals surface area (Å²) in [5, 5.41) is 3.02. The van der Waals surface area contributed by atoms with Gasteiger partial charge in [-0.2, -0.15) is 0 Å². The quantitative estimate of drug-likeness (QED) is 0.624. The molecule has 0 unspecified atom stereocenters. The van der Waals surface area contributed by atoms with Crippen LogP contribution in [0.4, 0.5) is 15.0 Å². The predicted octanol–water partition coefficient (Wildman–Crippen LogP) is 3.82. The summed E-state index contributed by atoms with van der Waals surface area (Å²) in [4.78, 5) is 34.3. The van der Waals surface area contributed by atoms with Crippen molar-refractivity contribution in [3.63, 3.8) is 0 Å². The highest BCUT2D eigenvalue weighted by Gasteiger charge is 2.37. The first kappa shape index (κ1) is 23.2. The molecule has 0 saturated carbocycles. The molecule has 1 saturated heterocycles. The van der Waals surface area contributed by atoms with Crippen molar-refractivity contribution < 1.29 is 23.5 Å². The van der Waals surface area contributed by atoms with Crippen LogP contribution in [-0.2, 0) is 9.47 Å². The Balaban J connectivity index is 1.67. The third-order valence-electron chi connectivity index (χ3n) is 4.78. The highest BCUT2D eigenvalue weighted by molar-refractivity contribution is 9.10. The second-order valence-corrected chi connectivity index (χ2v) is 9.27. The first-order valence-electron chi connectivity index (χ1n) is 10.1. The topological polar surface area (TPSA) is 98.1 Å². The minimum Gasteiger partial charge on any atom is -0.461 e. The molecular formula is C20H27BrFN5O4. The molecule has 0 atom stereocenters. The fourth-order valence-electron chi connectivity index (χ4n) is 3.23. The van der Waals surface area contributed by atoms with Gasteiger partial charge >= 0.3 is 12.1 Å². The lowest BCUT2D eigenvalue weighted by atomic mass is 9.93. The van der Waals surface area contributed by atoms with Crippen LogP contribution >= 0.6 is 15.9 Å². The standard InChI is InChI=1S/C20H27BrFN5O4/c1-5-30-17(28)13-10-27-11-14(21)25-15(16(27)24-13)23-12-20(22)6-8-26(9-7-20)18(29)31-19(2,3)4/h10-11H,5-9,12H2,1-4H3,(H,23,25). The Bertz CT molecular complexity index is 966. The van der Waals surface area contributed by atoms with Gasteiger partial charge in [-0.25, -0.2) is 23.9 Å². The van der Waals surface area contributed by atoms with Crippen LogP contribution in [0.2, 0.25) is 0 Å². The van der Waals surface area contributed by atoms with Gasteiger partial charge in [0.15, 0.2) is 17.2 Å². The number of aromatic nitrogens is 3. The van der Waals surface area contributed by atoms with E-state index in [1.807, 2.05) is 0 Å². The first-order valence-corrected chi connectivity index (χ1v) is 10.9. The summed E-state index contributed by atoms with van der Waals surface area (Å²) in [7, 11) is 0. The lowest BCUT2D eigenvalue weighted by Crippen LogP contribution is -2.48. The first-order chi connectivity index (χ1) is 14.5. The van der Waals surface area contributed by atoms with Gasteiger partial charge < -0.3 is 24.1 Å². The number of carbonyl (C=O) groups excluding carboxylic acids is 2. The summed E-state index contributed by atoms with van der Waals surface area (Å²) in [5.74, 6) is -0.193. The van der Waals surface area contributed by atoms with Crippen LogP contribution in [0.15, 0.2) is 17.0 Å². The zero-order valence-electron chi connectivity index (χ0n) is 18.1. The highest BCUT2D eigenvalue weighted by Crippen LogP contribution is 2.29. The van der Waals surface area contributed by atoms with Gasteiger partial charge in [-0.15, -0.1) is 0 Å². The number of amides is 1. The molecule has 2 aromatic rings. The fourth-order valence-corrected chi connectivity index (χ4v) is 3.62. The van der Waals surface area contributed by atoms with Gasteiger partial charge in [-0.3, -0.25) is 0 Å². The summed E-state index contributed by atoms with van der Waals surface area (Å²) in [6, 6.07) is 0. The van der Waals surface area contributed by atoms with Crippen molar-refractivity contribution in [3.8, 4) is 0 Å². The molecule has 0 spiro atoms. The van der Waals surface area contributed by atoms with E-state index >= 15 is 4.39 Å². The SMILES string of the molecule is CCOC(=O)c1cn2cc(Br)nc(NCC3(F)CCN(C(=O)OC(C)(C)C)CC3)c2n1. The van der Waals surface area contributed by atoms with Crippen LogP contribution in [0.25, 0.3) is 5.65 Å². The Morgan fingerprint density at radius 1 is 1.26 bits per heavy atom. The monoisotopic (exact) mass is 499 g/mol. The van der Waals surface area contributed by atoms with Crippen LogP contribution in [0.5, 0.6) is 0 Å². The largest absolute Gasteiger partial charge is 0.461 e. The Labute approximate surface area is 188 Å². The molecule has 11 heteroatoms. The lowest BCUT2D eigenvalue weighted by Gasteiger charge is -2.37. The molecule has 170 valence electrons. The molecule has 1 N–H and O–H groups in total. The summed E-state index contributed by atoms with van der Waals surface area (Å²) >= 11 is 3.32. The Kier molecular flexibility index (Phi) is 6.73. The minimum atomic E-state index is -1.52. The summed E-state index contributed by atoms with van der Waals surface area (Å²) in [6.07, 6.45) is 3.11. The number of halogens is 2. The molecule has 1 amide bonds. The van der Waals surface area contributed by atoms with Crippen LogP contribution in [-0.4, -0.2) is 68.8 Å². The molecule has 31 heavy (non-hydrogen) atoms. The molecule has 0 aromatic carbocycles. The van der Waals surface area contributed by atoms with Gasteiger partial charge in [-0.05, 0) is 43.6 Å². The normalized spacial score (nSPS) is 16.3. The van der Waals surface area contributed by atoms with Gasteiger partial charge in [0.1, 0.15) is 15.9 Å². The van der Waals surface area contributed by atoms with E-state index in [1.165, 1.54) is 11.1 Å². The average Bonchev–Trinajstić information content (AvgIpc) is 3.09. The fraction of sp³-hybridized carbons (Fsp3) is 0.600. The molecular weight excluding hydrogens is 473 g/mol.